The number of aryl methyl sites for hydroxylation is 1. The first-order valence-electron chi connectivity index (χ1n) is 16.0. The summed E-state index contributed by atoms with van der Waals surface area (Å²) in [7, 11) is 0. The molecule has 1 heterocycles. The third-order valence-corrected chi connectivity index (χ3v) is 6.81. The molecule has 0 fully saturated rings. The number of benzene rings is 2. The van der Waals surface area contributed by atoms with Gasteiger partial charge < -0.3 is 15.5 Å². The monoisotopic (exact) mass is 686 g/mol. The zero-order chi connectivity index (χ0) is 34.4. The smallest absolute Gasteiger partial charge is 0.224 e. The van der Waals surface area contributed by atoms with Crippen molar-refractivity contribution in [3.05, 3.63) is 84.7 Å². The molecular formula is C36H54N4O3S3. The van der Waals surface area contributed by atoms with E-state index >= 15 is 0 Å². The van der Waals surface area contributed by atoms with Gasteiger partial charge in [-0.2, -0.15) is 25.3 Å². The van der Waals surface area contributed by atoms with Crippen LogP contribution in [0.3, 0.4) is 0 Å². The molecule has 2 N–H and O–H groups in total. The van der Waals surface area contributed by atoms with Crippen molar-refractivity contribution in [3.8, 4) is 11.1 Å². The number of hydrogen-bond donors (Lipinski definition) is 5. The summed E-state index contributed by atoms with van der Waals surface area (Å²) in [4.78, 5) is 39.0. The maximum absolute atomic E-state index is 12.1. The molecule has 0 radical (unpaired) electrons. The fourth-order valence-corrected chi connectivity index (χ4v) is 4.42. The highest BCUT2D eigenvalue weighted by Crippen LogP contribution is 2.22. The van der Waals surface area contributed by atoms with E-state index in [4.69, 9.17) is 0 Å². The predicted octanol–water partition coefficient (Wildman–Crippen LogP) is 7.65. The number of hydrogen-bond acceptors (Lipinski definition) is 7. The van der Waals surface area contributed by atoms with E-state index in [1.165, 1.54) is 6.92 Å². The summed E-state index contributed by atoms with van der Waals surface area (Å²) in [5, 5.41) is 5.67. The maximum Gasteiger partial charge on any atom is 0.224 e. The first-order chi connectivity index (χ1) is 22.2. The van der Waals surface area contributed by atoms with Gasteiger partial charge in [0.05, 0.1) is 0 Å². The average molecular weight is 687 g/mol. The van der Waals surface area contributed by atoms with Crippen LogP contribution in [0.15, 0.2) is 79.0 Å². The quantitative estimate of drug-likeness (QED) is 0.0837. The van der Waals surface area contributed by atoms with E-state index in [9.17, 15) is 14.4 Å². The molecule has 254 valence electrons. The van der Waals surface area contributed by atoms with Gasteiger partial charge in [-0.1, -0.05) is 75.7 Å². The van der Waals surface area contributed by atoms with Crippen LogP contribution in [-0.2, 0) is 20.8 Å². The fraction of sp³-hybridized carbons (Fsp3) is 0.444. The molecule has 0 aliphatic carbocycles. The molecule has 0 atom stereocenters. The molecule has 0 saturated carbocycles. The third kappa shape index (κ3) is 24.4. The molecule has 0 spiro atoms. The van der Waals surface area contributed by atoms with Crippen LogP contribution >= 0.6 is 37.9 Å². The number of unbranched alkanes of at least 4 members (excludes halogenated alkanes) is 2. The lowest BCUT2D eigenvalue weighted by atomic mass is 10.1. The van der Waals surface area contributed by atoms with Crippen molar-refractivity contribution in [1.29, 1.82) is 0 Å². The van der Waals surface area contributed by atoms with Crippen molar-refractivity contribution in [2.24, 2.45) is 0 Å². The number of amides is 2. The van der Waals surface area contributed by atoms with Crippen LogP contribution in [0.5, 0.6) is 0 Å². The van der Waals surface area contributed by atoms with Crippen LogP contribution < -0.4 is 10.6 Å². The normalized spacial score (nSPS) is 9.83. The van der Waals surface area contributed by atoms with Gasteiger partial charge in [0.15, 0.2) is 5.12 Å². The summed E-state index contributed by atoms with van der Waals surface area (Å²) in [5.74, 6) is 1.96. The first kappa shape index (κ1) is 43.2. The van der Waals surface area contributed by atoms with Gasteiger partial charge in [-0.05, 0) is 73.5 Å². The Hall–Kier alpha value is -2.79. The Morgan fingerprint density at radius 3 is 1.98 bits per heavy atom. The number of carbonyl (C=O) groups is 3. The van der Waals surface area contributed by atoms with Crippen LogP contribution in [0.2, 0.25) is 0 Å². The highest BCUT2D eigenvalue weighted by molar-refractivity contribution is 7.96. The lowest BCUT2D eigenvalue weighted by Crippen LogP contribution is -2.24. The summed E-state index contributed by atoms with van der Waals surface area (Å²) < 4.78 is 0. The van der Waals surface area contributed by atoms with Crippen molar-refractivity contribution in [2.75, 3.05) is 43.0 Å². The van der Waals surface area contributed by atoms with Crippen molar-refractivity contribution in [3.63, 3.8) is 0 Å². The van der Waals surface area contributed by atoms with Crippen molar-refractivity contribution in [1.82, 2.24) is 15.2 Å². The summed E-state index contributed by atoms with van der Waals surface area (Å²) in [5.41, 5.74) is 4.16. The van der Waals surface area contributed by atoms with Gasteiger partial charge in [0, 0.05) is 56.2 Å². The molecular weight excluding hydrogens is 633 g/mol. The van der Waals surface area contributed by atoms with Gasteiger partial charge >= 0.3 is 0 Å². The average Bonchev–Trinajstić information content (AvgIpc) is 3.06. The van der Waals surface area contributed by atoms with E-state index in [2.05, 4.69) is 84.4 Å². The van der Waals surface area contributed by atoms with Gasteiger partial charge in [-0.25, -0.2) is 0 Å². The van der Waals surface area contributed by atoms with Crippen molar-refractivity contribution in [2.45, 2.75) is 66.2 Å². The molecule has 10 heteroatoms. The topological polar surface area (TPSA) is 91.4 Å². The van der Waals surface area contributed by atoms with Gasteiger partial charge in [-0.3, -0.25) is 19.4 Å². The van der Waals surface area contributed by atoms with Crippen molar-refractivity contribution < 1.29 is 14.4 Å². The molecule has 0 saturated heterocycles. The second-order valence-corrected chi connectivity index (χ2v) is 11.6. The van der Waals surface area contributed by atoms with E-state index < -0.39 is 0 Å². The first-order valence-corrected chi connectivity index (χ1v) is 17.7. The Labute approximate surface area is 294 Å². The van der Waals surface area contributed by atoms with Crippen LogP contribution in [0, 0.1) is 0 Å². The molecule has 1 aromatic heterocycles. The van der Waals surface area contributed by atoms with Crippen molar-refractivity contribution >= 4 is 60.5 Å². The van der Waals surface area contributed by atoms with E-state index in [0.29, 0.717) is 19.4 Å². The molecule has 3 rings (SSSR count). The highest BCUT2D eigenvalue weighted by atomic mass is 32.1. The molecule has 2 aromatic carbocycles. The lowest BCUT2D eigenvalue weighted by Gasteiger charge is -2.15. The number of rotatable bonds is 15. The van der Waals surface area contributed by atoms with Crippen LogP contribution in [0.25, 0.3) is 11.1 Å². The van der Waals surface area contributed by atoms with Gasteiger partial charge in [0.25, 0.3) is 0 Å². The maximum atomic E-state index is 12.1. The fourth-order valence-electron chi connectivity index (χ4n) is 3.91. The molecule has 46 heavy (non-hydrogen) atoms. The largest absolute Gasteiger partial charge is 0.356 e. The molecule has 0 unspecified atom stereocenters. The number of thiol groups is 3. The Bertz CT molecular complexity index is 1190. The minimum absolute atomic E-state index is 0.0304. The molecule has 7 nitrogen and oxygen atoms in total. The summed E-state index contributed by atoms with van der Waals surface area (Å²) >= 11 is 11.5. The third-order valence-electron chi connectivity index (χ3n) is 6.38. The predicted molar refractivity (Wildman–Crippen MR) is 205 cm³/mol. The van der Waals surface area contributed by atoms with Gasteiger partial charge in [0.2, 0.25) is 11.8 Å². The number of nitrogens with zero attached hydrogens (tertiary/aromatic N) is 2. The second kappa shape index (κ2) is 29.6. The Morgan fingerprint density at radius 1 is 0.783 bits per heavy atom. The number of nitrogens with one attached hydrogen (secondary N) is 2. The van der Waals surface area contributed by atoms with E-state index in [1.807, 2.05) is 67.6 Å². The highest BCUT2D eigenvalue weighted by Gasteiger charge is 2.04. The number of carbonyl (C=O) groups excluding carboxylic acids is 3. The Kier molecular flexibility index (Phi) is 27.8. The molecule has 2 amide bonds. The molecule has 0 aliphatic heterocycles. The second-order valence-electron chi connectivity index (χ2n) is 10.1. The van der Waals surface area contributed by atoms with Crippen LogP contribution in [0.1, 0.15) is 65.5 Å². The SMILES string of the molecule is CC(=O)S.CCC(=O)NCCCCCC(=O)Nc1cccc(-c2ccccc2)c1.CCN(CC)CCS.SCCc1ccccn1. The Morgan fingerprint density at radius 2 is 1.43 bits per heavy atom. The van der Waals surface area contributed by atoms with Gasteiger partial charge in [-0.15, -0.1) is 12.6 Å². The molecule has 0 aliphatic rings. The Balaban J connectivity index is 0.000000782. The van der Waals surface area contributed by atoms with E-state index in [-0.39, 0.29) is 16.9 Å². The number of aromatic nitrogens is 1. The van der Waals surface area contributed by atoms with E-state index in [0.717, 1.165) is 79.3 Å². The lowest BCUT2D eigenvalue weighted by molar-refractivity contribution is -0.121. The van der Waals surface area contributed by atoms with E-state index in [1.54, 1.807) is 6.20 Å². The summed E-state index contributed by atoms with van der Waals surface area (Å²) in [6.45, 7) is 11.7. The minimum atomic E-state index is -0.139. The number of pyridine rings is 1. The van der Waals surface area contributed by atoms with Gasteiger partial charge in [0.1, 0.15) is 0 Å². The standard InChI is InChI=1S/C21H26N2O2.C7H9NS.C6H15NS.C2H4OS/c1-2-20(24)22-15-8-4-7-14-21(25)23-19-13-9-12-18(16-19)17-10-5-3-6-11-17;9-6-4-7-3-1-2-5-8-7;1-3-7(4-2)5-6-8;1-2(3)4/h3,5-6,9-13,16H,2,4,7-8,14-15H2,1H3,(H,22,24)(H,23,25);1-3,5,9H,4,6H2;8H,3-6H2,1-2H3;1H3,(H,3,4). The zero-order valence-electron chi connectivity index (χ0n) is 28.0. The number of anilines is 1. The van der Waals surface area contributed by atoms with Crippen LogP contribution in [-0.4, -0.2) is 64.5 Å². The zero-order valence-corrected chi connectivity index (χ0v) is 30.6. The van der Waals surface area contributed by atoms with Crippen LogP contribution in [0.4, 0.5) is 5.69 Å². The molecule has 0 bridgehead atoms. The summed E-state index contributed by atoms with van der Waals surface area (Å²) in [6.07, 6.45) is 6.45. The molecule has 3 aromatic rings. The summed E-state index contributed by atoms with van der Waals surface area (Å²) in [6, 6.07) is 23.9. The minimum Gasteiger partial charge on any atom is -0.356 e.